The van der Waals surface area contributed by atoms with Crippen LogP contribution in [0, 0.1) is 0 Å². The number of halogens is 1. The molecule has 1 N–H and O–H groups in total. The van der Waals surface area contributed by atoms with Crippen LogP contribution in [0.1, 0.15) is 22.9 Å². The van der Waals surface area contributed by atoms with E-state index in [1.807, 2.05) is 36.4 Å². The number of urea groups is 1. The fourth-order valence-electron chi connectivity index (χ4n) is 2.49. The zero-order chi connectivity index (χ0) is 15.5. The average molecular weight is 337 g/mol. The van der Waals surface area contributed by atoms with Gasteiger partial charge in [-0.15, -0.1) is 11.3 Å². The lowest BCUT2D eigenvalue weighted by molar-refractivity contribution is 0.194. The second kappa shape index (κ2) is 6.58. The highest BCUT2D eigenvalue weighted by atomic mass is 35.5. The van der Waals surface area contributed by atoms with E-state index in [0.717, 1.165) is 26.9 Å². The van der Waals surface area contributed by atoms with Gasteiger partial charge in [0.05, 0.1) is 23.5 Å². The van der Waals surface area contributed by atoms with Crippen molar-refractivity contribution in [3.63, 3.8) is 0 Å². The molecule has 0 unspecified atom stereocenters. The maximum atomic E-state index is 12.4. The van der Waals surface area contributed by atoms with Crippen LogP contribution in [0.25, 0.3) is 0 Å². The third-order valence-corrected chi connectivity index (χ3v) is 4.84. The van der Waals surface area contributed by atoms with E-state index in [1.165, 1.54) is 11.3 Å². The summed E-state index contributed by atoms with van der Waals surface area (Å²) in [5.41, 5.74) is 1.04. The summed E-state index contributed by atoms with van der Waals surface area (Å²) in [6.45, 7) is 1.17. The summed E-state index contributed by atoms with van der Waals surface area (Å²) in [4.78, 5) is 15.1. The summed E-state index contributed by atoms with van der Waals surface area (Å²) < 4.78 is 6.35. The second-order valence-electron chi connectivity index (χ2n) is 5.24. The van der Waals surface area contributed by atoms with Crippen LogP contribution < -0.4 is 10.1 Å². The van der Waals surface area contributed by atoms with Crippen molar-refractivity contribution in [1.29, 1.82) is 0 Å². The average Bonchev–Trinajstić information content (AvgIpc) is 2.92. The van der Waals surface area contributed by atoms with Crippen molar-refractivity contribution in [3.8, 4) is 5.75 Å². The number of para-hydroxylation sites is 1. The van der Waals surface area contributed by atoms with Crippen LogP contribution in [0.15, 0.2) is 36.4 Å². The topological polar surface area (TPSA) is 41.6 Å². The highest BCUT2D eigenvalue weighted by Crippen LogP contribution is 2.31. The highest BCUT2D eigenvalue weighted by Gasteiger charge is 2.23. The Labute approximate surface area is 138 Å². The van der Waals surface area contributed by atoms with Gasteiger partial charge in [-0.1, -0.05) is 29.8 Å². The molecule has 1 aliphatic heterocycles. The third kappa shape index (κ3) is 3.36. The number of thiophene rings is 1. The Kier molecular flexibility index (Phi) is 4.55. The Morgan fingerprint density at radius 1 is 1.41 bits per heavy atom. The minimum Gasteiger partial charge on any atom is -0.493 e. The van der Waals surface area contributed by atoms with Gasteiger partial charge in [-0.3, -0.25) is 0 Å². The van der Waals surface area contributed by atoms with Crippen LogP contribution in [-0.2, 0) is 6.54 Å². The normalized spacial score (nSPS) is 16.5. The van der Waals surface area contributed by atoms with Crippen LogP contribution in [0.5, 0.6) is 5.75 Å². The number of ether oxygens (including phenoxy) is 1. The molecule has 2 amide bonds. The first-order chi connectivity index (χ1) is 10.6. The fourth-order valence-corrected chi connectivity index (χ4v) is 3.63. The molecule has 1 aliphatic rings. The lowest BCUT2D eigenvalue weighted by Crippen LogP contribution is -2.40. The molecule has 2 aromatic rings. The standard InChI is InChI=1S/C16H17ClN2O2S/c1-19(10-11-6-7-15(17)22-11)16(20)18-13-8-9-21-14-5-3-2-4-12(13)14/h2-7,13H,8-10H2,1H3,(H,18,20)/t13-/m0/s1. The highest BCUT2D eigenvalue weighted by molar-refractivity contribution is 7.16. The number of hydrogen-bond donors (Lipinski definition) is 1. The molecule has 0 fully saturated rings. The number of fused-ring (bicyclic) bond motifs is 1. The van der Waals surface area contributed by atoms with E-state index in [2.05, 4.69) is 5.32 Å². The van der Waals surface area contributed by atoms with Crippen LogP contribution in [-0.4, -0.2) is 24.6 Å². The number of nitrogens with zero attached hydrogens (tertiary/aromatic N) is 1. The van der Waals surface area contributed by atoms with Crippen LogP contribution in [0.4, 0.5) is 4.79 Å². The molecule has 3 rings (SSSR count). The van der Waals surface area contributed by atoms with Gasteiger partial charge < -0.3 is 15.0 Å². The van der Waals surface area contributed by atoms with E-state index in [1.54, 1.807) is 11.9 Å². The smallest absolute Gasteiger partial charge is 0.317 e. The lowest BCUT2D eigenvalue weighted by Gasteiger charge is -2.28. The molecule has 6 heteroatoms. The molecule has 1 aromatic carbocycles. The number of hydrogen-bond acceptors (Lipinski definition) is 3. The van der Waals surface area contributed by atoms with E-state index in [4.69, 9.17) is 16.3 Å². The number of rotatable bonds is 3. The number of benzene rings is 1. The first-order valence-electron chi connectivity index (χ1n) is 7.11. The van der Waals surface area contributed by atoms with Gasteiger partial charge >= 0.3 is 6.03 Å². The first kappa shape index (κ1) is 15.2. The van der Waals surface area contributed by atoms with E-state index >= 15 is 0 Å². The molecule has 0 aliphatic carbocycles. The Hall–Kier alpha value is -1.72. The van der Waals surface area contributed by atoms with E-state index in [-0.39, 0.29) is 12.1 Å². The van der Waals surface area contributed by atoms with Crippen molar-refractivity contribution in [2.75, 3.05) is 13.7 Å². The molecular formula is C16H17ClN2O2S. The molecule has 0 bridgehead atoms. The third-order valence-electron chi connectivity index (χ3n) is 3.62. The molecule has 0 saturated heterocycles. The van der Waals surface area contributed by atoms with E-state index in [9.17, 15) is 4.79 Å². The molecule has 116 valence electrons. The predicted molar refractivity (Wildman–Crippen MR) is 88.6 cm³/mol. The monoisotopic (exact) mass is 336 g/mol. The Bertz CT molecular complexity index is 674. The molecule has 0 radical (unpaired) electrons. The zero-order valence-electron chi connectivity index (χ0n) is 12.2. The largest absolute Gasteiger partial charge is 0.493 e. The van der Waals surface area contributed by atoms with Crippen molar-refractivity contribution >= 4 is 29.0 Å². The molecule has 1 atom stereocenters. The number of nitrogens with one attached hydrogen (secondary N) is 1. The van der Waals surface area contributed by atoms with Crippen LogP contribution in [0.3, 0.4) is 0 Å². The van der Waals surface area contributed by atoms with E-state index < -0.39 is 0 Å². The number of amides is 2. The molecule has 1 aromatic heterocycles. The van der Waals surface area contributed by atoms with Gasteiger partial charge in [0.15, 0.2) is 0 Å². The van der Waals surface area contributed by atoms with Gasteiger partial charge in [-0.2, -0.15) is 0 Å². The summed E-state index contributed by atoms with van der Waals surface area (Å²) in [5.74, 6) is 0.853. The van der Waals surface area contributed by atoms with Crippen molar-refractivity contribution < 1.29 is 9.53 Å². The molecule has 0 saturated carbocycles. The van der Waals surface area contributed by atoms with Gasteiger partial charge in [0, 0.05) is 23.9 Å². The van der Waals surface area contributed by atoms with Crippen molar-refractivity contribution in [2.24, 2.45) is 0 Å². The van der Waals surface area contributed by atoms with Gasteiger partial charge in [0.1, 0.15) is 5.75 Å². The zero-order valence-corrected chi connectivity index (χ0v) is 13.8. The summed E-state index contributed by atoms with van der Waals surface area (Å²) >= 11 is 7.41. The minimum atomic E-state index is -0.0915. The Balaban J connectivity index is 1.64. The van der Waals surface area contributed by atoms with Crippen LogP contribution >= 0.6 is 22.9 Å². The Morgan fingerprint density at radius 2 is 2.23 bits per heavy atom. The molecule has 4 nitrogen and oxygen atoms in total. The van der Waals surface area contributed by atoms with Gasteiger partial charge in [0.25, 0.3) is 0 Å². The summed E-state index contributed by atoms with van der Waals surface area (Å²) in [6, 6.07) is 11.5. The predicted octanol–water partition coefficient (Wildman–Crippen LogP) is 4.07. The minimum absolute atomic E-state index is 0.00757. The Morgan fingerprint density at radius 3 is 3.00 bits per heavy atom. The molecule has 2 heterocycles. The lowest BCUT2D eigenvalue weighted by atomic mass is 10.0. The number of carbonyl (C=O) groups is 1. The summed E-state index contributed by atoms with van der Waals surface area (Å²) in [7, 11) is 1.79. The quantitative estimate of drug-likeness (QED) is 0.918. The van der Waals surface area contributed by atoms with Crippen molar-refractivity contribution in [3.05, 3.63) is 51.2 Å². The molecule has 22 heavy (non-hydrogen) atoms. The van der Waals surface area contributed by atoms with Crippen molar-refractivity contribution in [1.82, 2.24) is 10.2 Å². The van der Waals surface area contributed by atoms with E-state index in [0.29, 0.717) is 13.2 Å². The first-order valence-corrected chi connectivity index (χ1v) is 8.30. The maximum absolute atomic E-state index is 12.4. The van der Waals surface area contributed by atoms with Crippen LogP contribution in [0.2, 0.25) is 4.34 Å². The van der Waals surface area contributed by atoms with Gasteiger partial charge in [-0.25, -0.2) is 4.79 Å². The second-order valence-corrected chi connectivity index (χ2v) is 7.04. The molecule has 0 spiro atoms. The summed E-state index contributed by atoms with van der Waals surface area (Å²) in [5, 5.41) is 3.08. The maximum Gasteiger partial charge on any atom is 0.317 e. The number of carbonyl (C=O) groups excluding carboxylic acids is 1. The SMILES string of the molecule is CN(Cc1ccc(Cl)s1)C(=O)N[C@H]1CCOc2ccccc21. The fraction of sp³-hybridized carbons (Fsp3) is 0.312. The summed E-state index contributed by atoms with van der Waals surface area (Å²) in [6.07, 6.45) is 0.779. The molecular weight excluding hydrogens is 320 g/mol. The van der Waals surface area contributed by atoms with Gasteiger partial charge in [0.2, 0.25) is 0 Å². The van der Waals surface area contributed by atoms with Gasteiger partial charge in [-0.05, 0) is 18.2 Å². The van der Waals surface area contributed by atoms with Crippen molar-refractivity contribution in [2.45, 2.75) is 19.0 Å².